The molecule has 3 amide bonds. The first-order valence-electron chi connectivity index (χ1n) is 27.9. The van der Waals surface area contributed by atoms with Gasteiger partial charge in [-0.05, 0) is 111 Å². The Hall–Kier alpha value is -13.3. The van der Waals surface area contributed by atoms with Crippen LogP contribution in [0, 0.1) is 0 Å². The minimum Gasteiger partial charge on any atom is -0.550 e. The summed E-state index contributed by atoms with van der Waals surface area (Å²) < 4.78 is 0. The Kier molecular flexibility index (Phi) is 73.6. The maximum atomic E-state index is 12.2. The van der Waals surface area contributed by atoms with Gasteiger partial charge in [0, 0.05) is 51.7 Å². The van der Waals surface area contributed by atoms with E-state index in [4.69, 9.17) is 17.2 Å². The monoisotopic (exact) mass is 1750 g/mol. The van der Waals surface area contributed by atoms with Gasteiger partial charge in [-0.2, -0.15) is 15.0 Å². The smallest absolute Gasteiger partial charge is 0.550 e. The number of H-pyrrole nitrogens is 3. The van der Waals surface area contributed by atoms with Crippen LogP contribution in [0.2, 0.25) is 0 Å². The van der Waals surface area contributed by atoms with E-state index in [1.807, 2.05) is 0 Å². The third kappa shape index (κ3) is 40.2. The van der Waals surface area contributed by atoms with Gasteiger partial charge in [-0.1, -0.05) is 0 Å². The first kappa shape index (κ1) is 135. The van der Waals surface area contributed by atoms with Gasteiger partial charge in [-0.25, -0.2) is 29.9 Å². The number of fused-ring (bicyclic) bond motifs is 3. The molecule has 0 aliphatic heterocycles. The predicted octanol–water partition coefficient (Wildman–Crippen LogP) is -23.0. The fourth-order valence-corrected chi connectivity index (χ4v) is 8.22. The zero-order valence-corrected chi connectivity index (χ0v) is 61.7. The van der Waals surface area contributed by atoms with Crippen molar-refractivity contribution in [2.45, 2.75) is 76.3 Å². The average Bonchev–Trinajstić information content (AvgIpc) is 0.820. The maximum Gasteiger partial charge on any atom is 3.00 e. The normalized spacial score (nSPS) is 9.62. The Bertz CT molecular complexity index is 4180. The molecule has 116 heavy (non-hydrogen) atoms. The molecule has 51 N–H and O–H groups in total. The maximum absolute atomic E-state index is 12.2. The van der Waals surface area contributed by atoms with Crippen LogP contribution in [0.1, 0.15) is 86.7 Å². The molecule has 0 saturated carbocycles. The Balaban J connectivity index is -0.000000103. The fourth-order valence-electron chi connectivity index (χ4n) is 8.22. The van der Waals surface area contributed by atoms with Crippen molar-refractivity contribution >= 4 is 122 Å². The van der Waals surface area contributed by atoms with E-state index in [9.17, 15) is 88.2 Å². The second-order valence-corrected chi connectivity index (χ2v) is 20.0. The summed E-state index contributed by atoms with van der Waals surface area (Å²) in [5.74, 6) is -11.3. The van der Waals surface area contributed by atoms with Gasteiger partial charge < -0.3 is 207 Å². The SMILES string of the molecule is Nc1nc2ncc(CNc3ccc(C(=O)N[C@@H](CCC(=O)[O-])C(=O)[O-])cc3)nc2c(=O)[nH]1.Nc1nc2ncc(CNc3ccc(C(=O)N[C@@H](CCC(=O)[O-])C(=O)[O-])cc3)nc2c(=O)[nH]1.Nc1nc2ncc(CNc3ccc(C(=O)N[C@@H](CCC(=O)[O-])C(=O)[O-])cc3)nc2c(=O)[nH]1.O.O.O.O.O.O.O.O.O.O.O.O.O.O.O.O.O.O.[Cr+3].[Cr+3]. The van der Waals surface area contributed by atoms with Crippen molar-refractivity contribution in [1.29, 1.82) is 0 Å². The van der Waals surface area contributed by atoms with Crippen LogP contribution in [-0.2, 0) is 83.1 Å². The van der Waals surface area contributed by atoms with Gasteiger partial charge in [0.2, 0.25) is 17.8 Å². The van der Waals surface area contributed by atoms with Crippen LogP contribution in [-0.4, -0.2) is 230 Å². The number of nitrogen functional groups attached to an aromatic ring is 3. The van der Waals surface area contributed by atoms with E-state index >= 15 is 0 Å². The van der Waals surface area contributed by atoms with Crippen molar-refractivity contribution in [3.63, 3.8) is 0 Å². The van der Waals surface area contributed by atoms with E-state index in [1.165, 1.54) is 55.0 Å². The zero-order valence-electron chi connectivity index (χ0n) is 59.2. The number of benzene rings is 3. The molecule has 6 aromatic heterocycles. The minimum absolute atomic E-state index is 0. The summed E-state index contributed by atoms with van der Waals surface area (Å²) in [6, 6.07) is 13.8. The van der Waals surface area contributed by atoms with Crippen LogP contribution in [0.25, 0.3) is 33.5 Å². The van der Waals surface area contributed by atoms with Gasteiger partial charge in [-0.3, -0.25) is 43.7 Å². The van der Waals surface area contributed by atoms with Crippen LogP contribution < -0.4 is 96.4 Å². The first-order valence-corrected chi connectivity index (χ1v) is 27.9. The molecule has 3 aromatic carbocycles. The molecule has 6 heterocycles. The predicted molar refractivity (Wildman–Crippen MR) is 385 cm³/mol. The van der Waals surface area contributed by atoms with E-state index < -0.39 is 108 Å². The number of rotatable bonds is 27. The number of anilines is 6. The van der Waals surface area contributed by atoms with Crippen LogP contribution in [0.5, 0.6) is 0 Å². The minimum atomic E-state index is -1.59. The van der Waals surface area contributed by atoms with Crippen molar-refractivity contribution < 1.29 is 207 Å². The quantitative estimate of drug-likeness (QED) is 0.0227. The number of hydrogen-bond acceptors (Lipinski definition) is 33. The van der Waals surface area contributed by atoms with Gasteiger partial charge >= 0.3 is 34.7 Å². The number of nitrogens with zero attached hydrogens (tertiary/aromatic N) is 9. The summed E-state index contributed by atoms with van der Waals surface area (Å²) in [5.41, 5.74) is 19.1. The number of aromatic nitrogens is 12. The largest absolute Gasteiger partial charge is 3.00 e. The van der Waals surface area contributed by atoms with Gasteiger partial charge in [0.15, 0.2) is 33.5 Å². The molecular formula is C57H87Cr2N21O36. The zero-order chi connectivity index (χ0) is 69.8. The summed E-state index contributed by atoms with van der Waals surface area (Å²) in [7, 11) is 0. The van der Waals surface area contributed by atoms with Crippen LogP contribution in [0.15, 0.2) is 106 Å². The van der Waals surface area contributed by atoms with Crippen molar-refractivity contribution in [3.05, 3.63) is 156 Å². The van der Waals surface area contributed by atoms with E-state index in [0.717, 1.165) is 0 Å². The standard InChI is InChI=1S/3C19H19N7O6.2Cr.18H2O/c3*20-19-25-15-14(17(30)26-19)23-11(8-22-15)7-21-10-3-1-9(2-4-10)16(29)24-12(18(31)32)5-6-13(27)28;;;;;;;;;;;;;;;;;;;;/h3*1-4,8,12,21H,5-7H2,(H,24,29)(H,27,28)(H,31,32)(H3,20,22,25,26,30);;;18*1H2/q;;;2*+3;;;;;;;;;;;;;;;;;;/p-6/t3*12-;;;;;;;;;;;;;;;;;;;;/m000..................../s1. The molecule has 0 aliphatic carbocycles. The molecule has 0 bridgehead atoms. The first-order chi connectivity index (χ1) is 45.7. The molecule has 0 fully saturated rings. The summed E-state index contributed by atoms with van der Waals surface area (Å²) in [4.78, 5) is 181. The second kappa shape index (κ2) is 63.2. The molecule has 3 atom stereocenters. The molecule has 9 aromatic rings. The molecule has 0 unspecified atom stereocenters. The third-order valence-electron chi connectivity index (χ3n) is 13.0. The van der Waals surface area contributed by atoms with Crippen molar-refractivity contribution in [3.8, 4) is 0 Å². The molecule has 0 saturated heterocycles. The molecule has 648 valence electrons. The van der Waals surface area contributed by atoms with Crippen molar-refractivity contribution in [1.82, 2.24) is 75.8 Å². The topological polar surface area (TPSA) is 1220 Å². The average molecular weight is 1750 g/mol. The molecule has 2 radical (unpaired) electrons. The third-order valence-corrected chi connectivity index (χ3v) is 13.0. The van der Waals surface area contributed by atoms with E-state index in [1.54, 1.807) is 36.4 Å². The van der Waals surface area contributed by atoms with Gasteiger partial charge in [0.05, 0.1) is 91.3 Å². The van der Waals surface area contributed by atoms with E-state index in [2.05, 4.69) is 91.7 Å². The number of amides is 3. The van der Waals surface area contributed by atoms with Crippen molar-refractivity contribution in [2.75, 3.05) is 33.2 Å². The van der Waals surface area contributed by atoms with E-state index in [-0.39, 0.29) is 240 Å². The van der Waals surface area contributed by atoms with Crippen LogP contribution in [0.3, 0.4) is 0 Å². The number of carbonyl (C=O) groups excluding carboxylic acids is 9. The van der Waals surface area contributed by atoms with Crippen molar-refractivity contribution in [2.24, 2.45) is 0 Å². The molecule has 0 aliphatic rings. The Morgan fingerprint density at radius 3 is 0.707 bits per heavy atom. The molecule has 0 spiro atoms. The number of aromatic amines is 3. The summed E-state index contributed by atoms with van der Waals surface area (Å²) in [6.45, 7) is 0.650. The number of carbonyl (C=O) groups is 9. The fraction of sp³-hybridized carbons (Fsp3) is 0.211. The Morgan fingerprint density at radius 1 is 0.328 bits per heavy atom. The number of carboxylic acids is 6. The number of hydrogen-bond donors (Lipinski definition) is 12. The van der Waals surface area contributed by atoms with Crippen LogP contribution in [0.4, 0.5) is 34.9 Å². The summed E-state index contributed by atoms with van der Waals surface area (Å²) in [6.07, 6.45) is 1.66. The summed E-state index contributed by atoms with van der Waals surface area (Å²) in [5, 5.41) is 80.5. The second-order valence-electron chi connectivity index (χ2n) is 20.0. The number of nitrogens with two attached hydrogens (primary N) is 3. The van der Waals surface area contributed by atoms with E-state index in [0.29, 0.717) is 34.1 Å². The summed E-state index contributed by atoms with van der Waals surface area (Å²) >= 11 is 0. The number of carboxylic acid groups (broad SMARTS) is 6. The molecule has 9 rings (SSSR count). The molecule has 57 nitrogen and oxygen atoms in total. The number of aliphatic carboxylic acids is 6. The number of nitrogens with one attached hydrogen (secondary N) is 9. The van der Waals surface area contributed by atoms with Crippen LogP contribution >= 0.6 is 0 Å². The Morgan fingerprint density at radius 2 is 0.526 bits per heavy atom. The Labute approximate surface area is 667 Å². The molecule has 59 heteroatoms. The van der Waals surface area contributed by atoms with Gasteiger partial charge in [0.25, 0.3) is 34.4 Å². The molecular weight excluding hydrogens is 1660 g/mol. The van der Waals surface area contributed by atoms with Gasteiger partial charge in [-0.15, -0.1) is 0 Å². The van der Waals surface area contributed by atoms with Gasteiger partial charge in [0.1, 0.15) is 0 Å².